The van der Waals surface area contributed by atoms with Crippen molar-refractivity contribution in [1.29, 1.82) is 0 Å². The second kappa shape index (κ2) is 8.62. The number of ether oxygens (including phenoxy) is 2. The van der Waals surface area contributed by atoms with Crippen LogP contribution >= 0.6 is 0 Å². The Labute approximate surface area is 149 Å². The predicted octanol–water partition coefficient (Wildman–Crippen LogP) is 3.15. The maximum atomic E-state index is 9.69. The van der Waals surface area contributed by atoms with Crippen molar-refractivity contribution in [3.63, 3.8) is 0 Å². The highest BCUT2D eigenvalue weighted by molar-refractivity contribution is 5.70. The molecule has 0 radical (unpaired) electrons. The largest absolute Gasteiger partial charge is 0.497 e. The molecule has 0 aromatic heterocycles. The molecule has 1 saturated heterocycles. The zero-order chi connectivity index (χ0) is 17.5. The molecule has 0 saturated carbocycles. The molecule has 3 rings (SSSR count). The first-order valence-corrected chi connectivity index (χ1v) is 8.79. The first-order chi connectivity index (χ1) is 12.3. The number of benzene rings is 2. The molecule has 0 atom stereocenters. The molecule has 5 heteroatoms. The Kier molecular flexibility index (Phi) is 6.01. The van der Waals surface area contributed by atoms with E-state index in [-0.39, 0.29) is 6.10 Å². The van der Waals surface area contributed by atoms with Crippen molar-refractivity contribution < 1.29 is 14.6 Å². The third kappa shape index (κ3) is 4.79. The molecule has 0 unspecified atom stereocenters. The first-order valence-electron chi connectivity index (χ1n) is 8.79. The molecule has 2 aromatic carbocycles. The van der Waals surface area contributed by atoms with Crippen molar-refractivity contribution in [3.05, 3.63) is 48.5 Å². The van der Waals surface area contributed by atoms with Gasteiger partial charge in [0.05, 0.1) is 24.6 Å². The number of nitrogens with one attached hydrogen (secondary N) is 1. The minimum atomic E-state index is -0.158. The number of aliphatic hydroxyl groups excluding tert-OH is 1. The van der Waals surface area contributed by atoms with E-state index in [0.29, 0.717) is 6.61 Å². The van der Waals surface area contributed by atoms with Crippen LogP contribution in [0.2, 0.25) is 0 Å². The zero-order valence-electron chi connectivity index (χ0n) is 14.6. The number of para-hydroxylation sites is 2. The van der Waals surface area contributed by atoms with Gasteiger partial charge in [0.1, 0.15) is 18.1 Å². The van der Waals surface area contributed by atoms with Gasteiger partial charge in [0.2, 0.25) is 0 Å². The lowest BCUT2D eigenvalue weighted by Gasteiger charge is -2.33. The summed E-state index contributed by atoms with van der Waals surface area (Å²) in [6.45, 7) is 3.09. The number of methoxy groups -OCH3 is 1. The fourth-order valence-electron chi connectivity index (χ4n) is 3.03. The third-order valence-corrected chi connectivity index (χ3v) is 4.45. The first kappa shape index (κ1) is 17.4. The minimum Gasteiger partial charge on any atom is -0.497 e. The van der Waals surface area contributed by atoms with E-state index in [4.69, 9.17) is 9.47 Å². The number of rotatable bonds is 7. The summed E-state index contributed by atoms with van der Waals surface area (Å²) in [5.41, 5.74) is 2.30. The lowest BCUT2D eigenvalue weighted by molar-refractivity contribution is 0.145. The van der Waals surface area contributed by atoms with Crippen molar-refractivity contribution in [2.24, 2.45) is 0 Å². The number of aliphatic hydroxyl groups is 1. The summed E-state index contributed by atoms with van der Waals surface area (Å²) in [5.74, 6) is 1.66. The van der Waals surface area contributed by atoms with Gasteiger partial charge in [-0.25, -0.2) is 0 Å². The zero-order valence-corrected chi connectivity index (χ0v) is 14.6. The van der Waals surface area contributed by atoms with Crippen LogP contribution in [0.5, 0.6) is 11.5 Å². The Morgan fingerprint density at radius 1 is 1.04 bits per heavy atom. The van der Waals surface area contributed by atoms with E-state index in [9.17, 15) is 5.11 Å². The Balaban J connectivity index is 1.51. The molecule has 1 heterocycles. The van der Waals surface area contributed by atoms with Gasteiger partial charge in [-0.2, -0.15) is 0 Å². The molecular formula is C20H26N2O3. The summed E-state index contributed by atoms with van der Waals surface area (Å²) in [7, 11) is 1.65. The van der Waals surface area contributed by atoms with Crippen LogP contribution in [0, 0.1) is 0 Å². The van der Waals surface area contributed by atoms with Crippen molar-refractivity contribution >= 4 is 11.4 Å². The molecule has 0 spiro atoms. The summed E-state index contributed by atoms with van der Waals surface area (Å²) in [6.07, 6.45) is 1.50. The highest BCUT2D eigenvalue weighted by Gasteiger charge is 2.18. The van der Waals surface area contributed by atoms with Crippen molar-refractivity contribution in [2.45, 2.75) is 18.9 Å². The monoisotopic (exact) mass is 342 g/mol. The summed E-state index contributed by atoms with van der Waals surface area (Å²) in [4.78, 5) is 2.33. The topological polar surface area (TPSA) is 54.0 Å². The van der Waals surface area contributed by atoms with Crippen LogP contribution < -0.4 is 19.7 Å². The predicted molar refractivity (Wildman–Crippen MR) is 101 cm³/mol. The molecule has 5 nitrogen and oxygen atoms in total. The lowest BCUT2D eigenvalue weighted by atomic mass is 10.1. The number of nitrogens with zero attached hydrogens (tertiary/aromatic N) is 1. The van der Waals surface area contributed by atoms with E-state index in [0.717, 1.165) is 49.7 Å². The molecule has 0 bridgehead atoms. The standard InChI is InChI=1S/C20H26N2O3/c1-24-17-6-8-18(9-7-17)25-15-12-21-19-4-2-3-5-20(19)22-13-10-16(23)11-14-22/h2-9,16,21,23H,10-15H2,1H3. The SMILES string of the molecule is COc1ccc(OCCNc2ccccc2N2CCC(O)CC2)cc1. The van der Waals surface area contributed by atoms with Gasteiger partial charge in [0, 0.05) is 19.6 Å². The highest BCUT2D eigenvalue weighted by Crippen LogP contribution is 2.28. The molecule has 0 aliphatic carbocycles. The average Bonchev–Trinajstić information content (AvgIpc) is 2.67. The fraction of sp³-hybridized carbons (Fsp3) is 0.400. The van der Waals surface area contributed by atoms with Gasteiger partial charge < -0.3 is 24.8 Å². The van der Waals surface area contributed by atoms with E-state index in [1.54, 1.807) is 7.11 Å². The number of anilines is 2. The quantitative estimate of drug-likeness (QED) is 0.757. The number of hydrogen-bond donors (Lipinski definition) is 2. The molecular weight excluding hydrogens is 316 g/mol. The van der Waals surface area contributed by atoms with E-state index in [1.165, 1.54) is 5.69 Å². The van der Waals surface area contributed by atoms with Gasteiger partial charge in [-0.05, 0) is 49.2 Å². The number of hydrogen-bond acceptors (Lipinski definition) is 5. The molecule has 25 heavy (non-hydrogen) atoms. The van der Waals surface area contributed by atoms with E-state index >= 15 is 0 Å². The van der Waals surface area contributed by atoms with Crippen LogP contribution in [0.15, 0.2) is 48.5 Å². The van der Waals surface area contributed by atoms with E-state index in [2.05, 4.69) is 28.4 Å². The van der Waals surface area contributed by atoms with Crippen molar-refractivity contribution in [1.82, 2.24) is 0 Å². The van der Waals surface area contributed by atoms with Gasteiger partial charge >= 0.3 is 0 Å². The van der Waals surface area contributed by atoms with Gasteiger partial charge in [-0.1, -0.05) is 12.1 Å². The van der Waals surface area contributed by atoms with Gasteiger partial charge in [-0.15, -0.1) is 0 Å². The summed E-state index contributed by atoms with van der Waals surface area (Å²) >= 11 is 0. The van der Waals surface area contributed by atoms with Crippen molar-refractivity contribution in [3.8, 4) is 11.5 Å². The Bertz CT molecular complexity index is 652. The van der Waals surface area contributed by atoms with Crippen LogP contribution in [0.1, 0.15) is 12.8 Å². The lowest BCUT2D eigenvalue weighted by Crippen LogP contribution is -2.36. The Morgan fingerprint density at radius 2 is 1.72 bits per heavy atom. The number of piperidine rings is 1. The molecule has 1 aliphatic rings. The van der Waals surface area contributed by atoms with Crippen LogP contribution in [0.25, 0.3) is 0 Å². The van der Waals surface area contributed by atoms with Gasteiger partial charge in [-0.3, -0.25) is 0 Å². The Morgan fingerprint density at radius 3 is 2.44 bits per heavy atom. The summed E-state index contributed by atoms with van der Waals surface area (Å²) < 4.78 is 10.9. The molecule has 2 N–H and O–H groups in total. The summed E-state index contributed by atoms with van der Waals surface area (Å²) in [5, 5.41) is 13.2. The van der Waals surface area contributed by atoms with Gasteiger partial charge in [0.25, 0.3) is 0 Å². The fourth-order valence-corrected chi connectivity index (χ4v) is 3.03. The molecule has 1 aliphatic heterocycles. The van der Waals surface area contributed by atoms with E-state index in [1.807, 2.05) is 30.3 Å². The van der Waals surface area contributed by atoms with Gasteiger partial charge in [0.15, 0.2) is 0 Å². The summed E-state index contributed by atoms with van der Waals surface area (Å²) in [6, 6.07) is 15.9. The van der Waals surface area contributed by atoms with E-state index < -0.39 is 0 Å². The Hall–Kier alpha value is -2.40. The maximum Gasteiger partial charge on any atom is 0.119 e. The van der Waals surface area contributed by atoms with Crippen molar-refractivity contribution in [2.75, 3.05) is 43.6 Å². The normalized spacial score (nSPS) is 15.0. The van der Waals surface area contributed by atoms with Crippen LogP contribution in [0.4, 0.5) is 11.4 Å². The molecule has 0 amide bonds. The second-order valence-electron chi connectivity index (χ2n) is 6.19. The third-order valence-electron chi connectivity index (χ3n) is 4.45. The highest BCUT2D eigenvalue weighted by atomic mass is 16.5. The minimum absolute atomic E-state index is 0.158. The average molecular weight is 342 g/mol. The molecule has 1 fully saturated rings. The van der Waals surface area contributed by atoms with Crippen LogP contribution in [-0.2, 0) is 0 Å². The smallest absolute Gasteiger partial charge is 0.119 e. The molecule has 2 aromatic rings. The van der Waals surface area contributed by atoms with Crippen LogP contribution in [-0.4, -0.2) is 44.6 Å². The molecule has 134 valence electrons. The van der Waals surface area contributed by atoms with Crippen LogP contribution in [0.3, 0.4) is 0 Å². The second-order valence-corrected chi connectivity index (χ2v) is 6.19. The maximum absolute atomic E-state index is 9.69.